The summed E-state index contributed by atoms with van der Waals surface area (Å²) < 4.78 is 45.5. The first-order chi connectivity index (χ1) is 16.3. The van der Waals surface area contributed by atoms with Gasteiger partial charge in [0.05, 0.1) is 17.9 Å². The van der Waals surface area contributed by atoms with Crippen molar-refractivity contribution in [3.05, 3.63) is 77.4 Å². The molecule has 2 aromatic heterocycles. The number of urea groups is 1. The molecule has 0 bridgehead atoms. The molecule has 0 unspecified atom stereocenters. The zero-order valence-corrected chi connectivity index (χ0v) is 19.2. The van der Waals surface area contributed by atoms with Crippen LogP contribution in [0.25, 0.3) is 16.2 Å². The maximum atomic E-state index is 12.8. The summed E-state index contributed by atoms with van der Waals surface area (Å²) in [7, 11) is 1.55. The third kappa shape index (κ3) is 5.57. The maximum absolute atomic E-state index is 12.8. The van der Waals surface area contributed by atoms with Crippen LogP contribution in [0.15, 0.2) is 66.2 Å². The number of hydrogen-bond donors (Lipinski definition) is 1. The lowest BCUT2D eigenvalue weighted by Crippen LogP contribution is -2.38. The molecule has 0 spiro atoms. The molecule has 10 heteroatoms. The number of hydrogen-bond acceptors (Lipinski definition) is 4. The fraction of sp³-hybridized carbons (Fsp3) is 0.250. The molecule has 0 saturated carbocycles. The first kappa shape index (κ1) is 23.8. The van der Waals surface area contributed by atoms with Crippen molar-refractivity contribution in [3.8, 4) is 11.3 Å². The number of anilines is 1. The number of fused-ring (bicyclic) bond motifs is 1. The normalized spacial score (nSPS) is 11.6. The Kier molecular flexibility index (Phi) is 7.18. The van der Waals surface area contributed by atoms with E-state index < -0.39 is 17.8 Å². The lowest BCUT2D eigenvalue weighted by molar-refractivity contribution is -0.137. The molecular formula is C24H23F3N4O2S. The fourth-order valence-corrected chi connectivity index (χ4v) is 4.38. The molecule has 0 fully saturated rings. The molecule has 0 aliphatic heterocycles. The summed E-state index contributed by atoms with van der Waals surface area (Å²) in [5.74, 6) is 0. The smallest absolute Gasteiger partial charge is 0.383 e. The second kappa shape index (κ2) is 10.3. The molecular weight excluding hydrogens is 465 g/mol. The Morgan fingerprint density at radius 2 is 1.85 bits per heavy atom. The molecule has 0 aliphatic rings. The minimum Gasteiger partial charge on any atom is -0.383 e. The Morgan fingerprint density at radius 1 is 1.12 bits per heavy atom. The third-order valence-electron chi connectivity index (χ3n) is 5.31. The van der Waals surface area contributed by atoms with Crippen LogP contribution >= 0.6 is 11.3 Å². The van der Waals surface area contributed by atoms with E-state index in [4.69, 9.17) is 4.74 Å². The number of carbonyl (C=O) groups is 1. The molecule has 34 heavy (non-hydrogen) atoms. The summed E-state index contributed by atoms with van der Waals surface area (Å²) in [6.07, 6.45) is -1.86. The zero-order valence-electron chi connectivity index (χ0n) is 18.4. The van der Waals surface area contributed by atoms with Gasteiger partial charge in [-0.2, -0.15) is 13.2 Å². The van der Waals surface area contributed by atoms with Gasteiger partial charge in [-0.25, -0.2) is 9.78 Å². The highest BCUT2D eigenvalue weighted by Gasteiger charge is 2.30. The topological polar surface area (TPSA) is 58.9 Å². The predicted molar refractivity (Wildman–Crippen MR) is 126 cm³/mol. The predicted octanol–water partition coefficient (Wildman–Crippen LogP) is 5.80. The highest BCUT2D eigenvalue weighted by molar-refractivity contribution is 7.15. The summed E-state index contributed by atoms with van der Waals surface area (Å²) >= 11 is 1.53. The van der Waals surface area contributed by atoms with Gasteiger partial charge >= 0.3 is 12.2 Å². The molecule has 4 rings (SSSR count). The molecule has 4 aromatic rings. The monoisotopic (exact) mass is 488 g/mol. The van der Waals surface area contributed by atoms with Crippen molar-refractivity contribution in [3.63, 3.8) is 0 Å². The van der Waals surface area contributed by atoms with Crippen molar-refractivity contribution in [2.24, 2.45) is 0 Å². The quantitative estimate of drug-likeness (QED) is 0.341. The van der Waals surface area contributed by atoms with Gasteiger partial charge in [-0.1, -0.05) is 30.3 Å². The number of amides is 2. The van der Waals surface area contributed by atoms with Crippen molar-refractivity contribution in [2.45, 2.75) is 12.6 Å². The molecule has 0 radical (unpaired) electrons. The number of benzene rings is 2. The van der Waals surface area contributed by atoms with Gasteiger partial charge in [0, 0.05) is 55.1 Å². The van der Waals surface area contributed by atoms with Crippen LogP contribution in [0, 0.1) is 0 Å². The Balaban J connectivity index is 1.44. The first-order valence-corrected chi connectivity index (χ1v) is 11.5. The number of methoxy groups -OCH3 is 1. The van der Waals surface area contributed by atoms with Crippen molar-refractivity contribution < 1.29 is 22.7 Å². The highest BCUT2D eigenvalue weighted by Crippen LogP contribution is 2.30. The SMILES string of the molecule is COCCN(CCc1csc2nc(-c3ccccc3)cn12)C(=O)Nc1ccc(C(F)(F)F)cc1. The fourth-order valence-electron chi connectivity index (χ4n) is 3.47. The molecule has 0 saturated heterocycles. The van der Waals surface area contributed by atoms with Crippen molar-refractivity contribution in [1.82, 2.24) is 14.3 Å². The van der Waals surface area contributed by atoms with E-state index in [9.17, 15) is 18.0 Å². The van der Waals surface area contributed by atoms with Gasteiger partial charge in [-0.05, 0) is 24.3 Å². The summed E-state index contributed by atoms with van der Waals surface area (Å²) in [6, 6.07) is 13.9. The summed E-state index contributed by atoms with van der Waals surface area (Å²) in [6.45, 7) is 1.08. The van der Waals surface area contributed by atoms with Gasteiger partial charge in [0.25, 0.3) is 0 Å². The van der Waals surface area contributed by atoms with Crippen LogP contribution in [0.4, 0.5) is 23.7 Å². The lowest BCUT2D eigenvalue weighted by atomic mass is 10.2. The van der Waals surface area contributed by atoms with Gasteiger partial charge in [-0.15, -0.1) is 11.3 Å². The number of halogens is 3. The minimum absolute atomic E-state index is 0.292. The van der Waals surface area contributed by atoms with E-state index in [1.54, 1.807) is 12.0 Å². The number of ether oxygens (including phenoxy) is 1. The number of thiazole rings is 1. The first-order valence-electron chi connectivity index (χ1n) is 10.6. The summed E-state index contributed by atoms with van der Waals surface area (Å²) in [4.78, 5) is 20.0. The molecule has 2 heterocycles. The van der Waals surface area contributed by atoms with Gasteiger partial charge < -0.3 is 15.0 Å². The van der Waals surface area contributed by atoms with E-state index in [1.165, 1.54) is 23.5 Å². The van der Waals surface area contributed by atoms with Gasteiger partial charge in [0.2, 0.25) is 0 Å². The van der Waals surface area contributed by atoms with E-state index >= 15 is 0 Å². The van der Waals surface area contributed by atoms with E-state index in [2.05, 4.69) is 10.3 Å². The molecule has 178 valence electrons. The largest absolute Gasteiger partial charge is 0.416 e. The number of aromatic nitrogens is 2. The van der Waals surface area contributed by atoms with Crippen LogP contribution in [0.3, 0.4) is 0 Å². The average molecular weight is 489 g/mol. The Hall–Kier alpha value is -3.37. The van der Waals surface area contributed by atoms with Crippen LogP contribution in [-0.4, -0.2) is 47.1 Å². The van der Waals surface area contributed by atoms with Crippen LogP contribution in [-0.2, 0) is 17.3 Å². The van der Waals surface area contributed by atoms with E-state index in [1.807, 2.05) is 46.3 Å². The number of carbonyl (C=O) groups excluding carboxylic acids is 1. The van der Waals surface area contributed by atoms with E-state index in [-0.39, 0.29) is 0 Å². The second-order valence-electron chi connectivity index (χ2n) is 7.61. The molecule has 2 amide bonds. The maximum Gasteiger partial charge on any atom is 0.416 e. The standard InChI is InChI=1S/C24H23F3N4O2S/c1-33-14-13-30(22(32)28-19-9-7-18(8-10-19)24(25,26)27)12-11-20-16-34-23-29-21(15-31(20)23)17-5-3-2-4-6-17/h2-10,15-16H,11-14H2,1H3,(H,28,32). The third-order valence-corrected chi connectivity index (χ3v) is 6.20. The van der Waals surface area contributed by atoms with Crippen LogP contribution < -0.4 is 5.32 Å². The molecule has 6 nitrogen and oxygen atoms in total. The van der Waals surface area contributed by atoms with E-state index in [0.29, 0.717) is 31.8 Å². The number of imidazole rings is 1. The minimum atomic E-state index is -4.42. The van der Waals surface area contributed by atoms with Gasteiger partial charge in [0.1, 0.15) is 0 Å². The Morgan fingerprint density at radius 3 is 2.53 bits per heavy atom. The number of nitrogens with zero attached hydrogens (tertiary/aromatic N) is 3. The van der Waals surface area contributed by atoms with Gasteiger partial charge in [-0.3, -0.25) is 4.40 Å². The molecule has 1 N–H and O–H groups in total. The van der Waals surface area contributed by atoms with Crippen molar-refractivity contribution in [1.29, 1.82) is 0 Å². The van der Waals surface area contributed by atoms with Crippen molar-refractivity contribution in [2.75, 3.05) is 32.1 Å². The van der Waals surface area contributed by atoms with Crippen LogP contribution in [0.2, 0.25) is 0 Å². The second-order valence-corrected chi connectivity index (χ2v) is 8.44. The zero-order chi connectivity index (χ0) is 24.1. The van der Waals surface area contributed by atoms with Crippen LogP contribution in [0.5, 0.6) is 0 Å². The van der Waals surface area contributed by atoms with Crippen molar-refractivity contribution >= 4 is 28.0 Å². The Bertz CT molecular complexity index is 1240. The Labute approximate surface area is 198 Å². The summed E-state index contributed by atoms with van der Waals surface area (Å²) in [5, 5.41) is 4.68. The van der Waals surface area contributed by atoms with Gasteiger partial charge in [0.15, 0.2) is 4.96 Å². The average Bonchev–Trinajstić information content (AvgIpc) is 3.41. The van der Waals surface area contributed by atoms with E-state index in [0.717, 1.165) is 34.0 Å². The summed E-state index contributed by atoms with van der Waals surface area (Å²) in [5.41, 5.74) is 2.45. The molecule has 0 aliphatic carbocycles. The van der Waals surface area contributed by atoms with Crippen LogP contribution in [0.1, 0.15) is 11.3 Å². The molecule has 0 atom stereocenters. The number of rotatable bonds is 8. The molecule has 2 aromatic carbocycles. The number of nitrogens with one attached hydrogen (secondary N) is 1. The number of alkyl halides is 3. The highest BCUT2D eigenvalue weighted by atomic mass is 32.1. The lowest BCUT2D eigenvalue weighted by Gasteiger charge is -2.23.